The van der Waals surface area contributed by atoms with Crippen molar-refractivity contribution in [3.8, 4) is 0 Å². The van der Waals surface area contributed by atoms with Gasteiger partial charge >= 0.3 is 6.18 Å². The highest BCUT2D eigenvalue weighted by Gasteiger charge is 2.35. The van der Waals surface area contributed by atoms with Crippen LogP contribution in [0.1, 0.15) is 12.0 Å². The van der Waals surface area contributed by atoms with E-state index in [1.54, 1.807) is 4.90 Å². The molecule has 1 aromatic heterocycles. The van der Waals surface area contributed by atoms with Crippen molar-refractivity contribution in [2.75, 3.05) is 18.0 Å². The highest BCUT2D eigenvalue weighted by molar-refractivity contribution is 5.47. The predicted molar refractivity (Wildman–Crippen MR) is 58.9 cm³/mol. The Hall–Kier alpha value is -1.63. The Labute approximate surface area is 102 Å². The third kappa shape index (κ3) is 2.61. The normalized spacial score (nSPS) is 16.7. The summed E-state index contributed by atoms with van der Waals surface area (Å²) in [7, 11) is 0. The first-order valence-corrected chi connectivity index (χ1v) is 5.43. The van der Waals surface area contributed by atoms with Crippen molar-refractivity contribution in [2.45, 2.75) is 19.2 Å². The molecule has 0 saturated carbocycles. The van der Waals surface area contributed by atoms with Gasteiger partial charge in [0.05, 0.1) is 6.61 Å². The molecule has 2 rings (SSSR count). The van der Waals surface area contributed by atoms with Gasteiger partial charge in [0.25, 0.3) is 0 Å². The monoisotopic (exact) mass is 259 g/mol. The van der Waals surface area contributed by atoms with Crippen molar-refractivity contribution in [2.24, 2.45) is 0 Å². The lowest BCUT2D eigenvalue weighted by Crippen LogP contribution is -2.33. The summed E-state index contributed by atoms with van der Waals surface area (Å²) in [5.41, 5.74) is 0.0136. The van der Waals surface area contributed by atoms with Crippen LogP contribution in [0, 0.1) is 0 Å². The van der Waals surface area contributed by atoms with Gasteiger partial charge in [0.2, 0.25) is 0 Å². The number of anilines is 1. The van der Waals surface area contributed by atoms with Crippen molar-refractivity contribution < 1.29 is 18.3 Å². The van der Waals surface area contributed by atoms with Gasteiger partial charge < -0.3 is 10.0 Å². The lowest BCUT2D eigenvalue weighted by atomic mass is 10.1. The van der Waals surface area contributed by atoms with Crippen LogP contribution in [0.4, 0.5) is 19.0 Å². The molecule has 0 bridgehead atoms. The number of aliphatic hydroxyl groups is 1. The Morgan fingerprint density at radius 1 is 1.39 bits per heavy atom. The van der Waals surface area contributed by atoms with E-state index < -0.39 is 11.7 Å². The molecule has 2 heterocycles. The van der Waals surface area contributed by atoms with Gasteiger partial charge in [-0.15, -0.1) is 0 Å². The second-order valence-electron chi connectivity index (χ2n) is 3.95. The molecule has 0 radical (unpaired) electrons. The maximum atomic E-state index is 12.5. The Bertz CT molecular complexity index is 459. The molecule has 0 saturated heterocycles. The van der Waals surface area contributed by atoms with Crippen molar-refractivity contribution >= 4 is 5.82 Å². The molecule has 0 aliphatic carbocycles. The number of aliphatic hydroxyl groups excluding tert-OH is 1. The predicted octanol–water partition coefficient (Wildman–Crippen LogP) is 1.67. The molecule has 0 spiro atoms. The number of hydrogen-bond acceptors (Lipinski definition) is 4. The Morgan fingerprint density at radius 3 is 2.72 bits per heavy atom. The summed E-state index contributed by atoms with van der Waals surface area (Å²) in [5, 5.41) is 9.13. The summed E-state index contributed by atoms with van der Waals surface area (Å²) in [4.78, 5) is 9.47. The van der Waals surface area contributed by atoms with Crippen LogP contribution in [-0.2, 0) is 6.61 Å². The van der Waals surface area contributed by atoms with E-state index in [9.17, 15) is 13.2 Å². The lowest BCUT2D eigenvalue weighted by molar-refractivity contribution is -0.0944. The fourth-order valence-electron chi connectivity index (χ4n) is 1.87. The largest absolute Gasteiger partial charge is 0.412 e. The van der Waals surface area contributed by atoms with E-state index >= 15 is 0 Å². The molecule has 0 aromatic carbocycles. The first-order chi connectivity index (χ1) is 8.52. The van der Waals surface area contributed by atoms with E-state index in [0.29, 0.717) is 11.4 Å². The molecule has 0 atom stereocenters. The van der Waals surface area contributed by atoms with Crippen LogP contribution in [0.25, 0.3) is 0 Å². The van der Waals surface area contributed by atoms with E-state index in [0.717, 1.165) is 6.08 Å². The standard InChI is InChI=1S/C11H12F3N3O/c12-11(13,14)9-1-3-17(4-2-9)10-8(6-18)5-15-7-16-10/h1,5,7,18H,2-4,6H2. The van der Waals surface area contributed by atoms with Crippen LogP contribution in [0.15, 0.2) is 24.2 Å². The third-order valence-corrected chi connectivity index (χ3v) is 2.81. The van der Waals surface area contributed by atoms with Crippen molar-refractivity contribution in [1.82, 2.24) is 9.97 Å². The summed E-state index contributed by atoms with van der Waals surface area (Å²) in [5.74, 6) is 0.491. The second kappa shape index (κ2) is 4.93. The molecule has 7 heteroatoms. The number of halogens is 3. The molecule has 0 amide bonds. The van der Waals surface area contributed by atoms with Gasteiger partial charge in [-0.25, -0.2) is 9.97 Å². The Morgan fingerprint density at radius 2 is 2.17 bits per heavy atom. The number of rotatable bonds is 2. The number of hydrogen-bond donors (Lipinski definition) is 1. The smallest absolute Gasteiger partial charge is 0.391 e. The van der Waals surface area contributed by atoms with Crippen molar-refractivity contribution in [3.05, 3.63) is 29.7 Å². The summed E-state index contributed by atoms with van der Waals surface area (Å²) in [6, 6.07) is 0. The molecule has 98 valence electrons. The number of aromatic nitrogens is 2. The lowest BCUT2D eigenvalue weighted by Gasteiger charge is -2.29. The van der Waals surface area contributed by atoms with Crippen LogP contribution < -0.4 is 4.90 Å². The highest BCUT2D eigenvalue weighted by Crippen LogP contribution is 2.31. The van der Waals surface area contributed by atoms with Crippen LogP contribution in [0.5, 0.6) is 0 Å². The van der Waals surface area contributed by atoms with E-state index in [1.807, 2.05) is 0 Å². The first kappa shape index (κ1) is 12.8. The molecule has 18 heavy (non-hydrogen) atoms. The highest BCUT2D eigenvalue weighted by atomic mass is 19.4. The quantitative estimate of drug-likeness (QED) is 0.821. The van der Waals surface area contributed by atoms with Gasteiger partial charge in [0.1, 0.15) is 12.1 Å². The van der Waals surface area contributed by atoms with Gasteiger partial charge in [0.15, 0.2) is 0 Å². The summed E-state index contributed by atoms with van der Waals surface area (Å²) in [6.45, 7) is 0.136. The molecule has 1 aliphatic heterocycles. The molecular weight excluding hydrogens is 247 g/mol. The maximum absolute atomic E-state index is 12.5. The van der Waals surface area contributed by atoms with Crippen LogP contribution in [-0.4, -0.2) is 34.3 Å². The molecule has 1 aliphatic rings. The zero-order valence-electron chi connectivity index (χ0n) is 9.48. The average molecular weight is 259 g/mol. The third-order valence-electron chi connectivity index (χ3n) is 2.81. The van der Waals surface area contributed by atoms with E-state index in [4.69, 9.17) is 5.11 Å². The molecular formula is C11H12F3N3O. The summed E-state index contributed by atoms with van der Waals surface area (Å²) < 4.78 is 37.4. The molecule has 0 fully saturated rings. The van der Waals surface area contributed by atoms with Crippen molar-refractivity contribution in [3.63, 3.8) is 0 Å². The summed E-state index contributed by atoms with van der Waals surface area (Å²) >= 11 is 0. The zero-order chi connectivity index (χ0) is 13.2. The van der Waals surface area contributed by atoms with Gasteiger partial charge in [-0.2, -0.15) is 13.2 Å². The van der Waals surface area contributed by atoms with Gasteiger partial charge in [-0.1, -0.05) is 6.08 Å². The van der Waals surface area contributed by atoms with Crippen LogP contribution in [0.3, 0.4) is 0 Å². The fraction of sp³-hybridized carbons (Fsp3) is 0.455. The van der Waals surface area contributed by atoms with Gasteiger partial charge in [-0.05, 0) is 6.42 Å². The second-order valence-corrected chi connectivity index (χ2v) is 3.95. The fourth-order valence-corrected chi connectivity index (χ4v) is 1.87. The van der Waals surface area contributed by atoms with Crippen molar-refractivity contribution in [1.29, 1.82) is 0 Å². The molecule has 1 N–H and O–H groups in total. The Kier molecular flexibility index (Phi) is 3.51. The zero-order valence-corrected chi connectivity index (χ0v) is 9.48. The van der Waals surface area contributed by atoms with Crippen LogP contribution >= 0.6 is 0 Å². The first-order valence-electron chi connectivity index (χ1n) is 5.43. The number of nitrogens with zero attached hydrogens (tertiary/aromatic N) is 3. The van der Waals surface area contributed by atoms with E-state index in [2.05, 4.69) is 9.97 Å². The average Bonchev–Trinajstić information content (AvgIpc) is 2.38. The molecule has 1 aromatic rings. The van der Waals surface area contributed by atoms with Gasteiger partial charge in [0, 0.05) is 30.4 Å². The van der Waals surface area contributed by atoms with E-state index in [1.165, 1.54) is 12.5 Å². The SMILES string of the molecule is OCc1cncnc1N1CC=C(C(F)(F)F)CC1. The molecule has 4 nitrogen and oxygen atoms in total. The maximum Gasteiger partial charge on any atom is 0.412 e. The topological polar surface area (TPSA) is 49.3 Å². The number of alkyl halides is 3. The minimum atomic E-state index is -4.25. The minimum absolute atomic E-state index is 0.0711. The van der Waals surface area contributed by atoms with Gasteiger partial charge in [-0.3, -0.25) is 0 Å². The Balaban J connectivity index is 2.17. The molecule has 0 unspecified atom stereocenters. The minimum Gasteiger partial charge on any atom is -0.391 e. The summed E-state index contributed by atoms with van der Waals surface area (Å²) in [6.07, 6.45) is -0.383. The van der Waals surface area contributed by atoms with Crippen LogP contribution in [0.2, 0.25) is 0 Å². The van der Waals surface area contributed by atoms with E-state index in [-0.39, 0.29) is 26.1 Å².